The summed E-state index contributed by atoms with van der Waals surface area (Å²) in [6.45, 7) is 9.15. The molecule has 2 unspecified atom stereocenters. The van der Waals surface area contributed by atoms with Crippen LogP contribution < -0.4 is 10.2 Å². The Morgan fingerprint density at radius 3 is 2.46 bits per heavy atom. The Morgan fingerprint density at radius 1 is 1.31 bits per heavy atom. The lowest BCUT2D eigenvalue weighted by Gasteiger charge is -2.24. The van der Waals surface area contributed by atoms with Crippen molar-refractivity contribution in [3.05, 3.63) is 28.8 Å². The molecule has 1 aliphatic heterocycles. The molecule has 0 bridgehead atoms. The Morgan fingerprint density at radius 2 is 1.92 bits per heavy atom. The highest BCUT2D eigenvalue weighted by Crippen LogP contribution is 2.32. The highest BCUT2D eigenvalue weighted by Gasteiger charge is 2.35. The summed E-state index contributed by atoms with van der Waals surface area (Å²) in [5, 5.41) is 11.7. The molecule has 2 atom stereocenters. The number of carbonyl (C=O) groups is 2. The molecular weight excluding hydrogens is 346 g/mol. The van der Waals surface area contributed by atoms with Crippen molar-refractivity contribution in [2.24, 2.45) is 5.92 Å². The molecule has 0 spiro atoms. The number of nitrogens with one attached hydrogen (secondary N) is 1. The van der Waals surface area contributed by atoms with E-state index >= 15 is 0 Å². The van der Waals surface area contributed by atoms with Gasteiger partial charge in [0.25, 0.3) is 0 Å². The molecule has 1 aliphatic rings. The molecule has 144 valence electrons. The zero-order chi connectivity index (χ0) is 19.8. The lowest BCUT2D eigenvalue weighted by molar-refractivity contribution is 0.0499. The predicted octanol–water partition coefficient (Wildman–Crippen LogP) is 3.32. The van der Waals surface area contributed by atoms with Crippen LogP contribution in [0.4, 0.5) is 19.3 Å². The van der Waals surface area contributed by atoms with Crippen LogP contribution in [0.3, 0.4) is 0 Å². The van der Waals surface area contributed by atoms with Gasteiger partial charge in [-0.3, -0.25) is 0 Å². The summed E-state index contributed by atoms with van der Waals surface area (Å²) >= 11 is 0. The van der Waals surface area contributed by atoms with Crippen molar-refractivity contribution >= 4 is 17.7 Å². The van der Waals surface area contributed by atoms with Gasteiger partial charge in [0.2, 0.25) is 0 Å². The van der Waals surface area contributed by atoms with Gasteiger partial charge in [0.05, 0.1) is 17.3 Å². The number of aromatic carboxylic acids is 1. The Kier molecular flexibility index (Phi) is 5.44. The maximum absolute atomic E-state index is 14.5. The Hall–Kier alpha value is -2.38. The number of alkyl carbamates (subject to hydrolysis) is 1. The van der Waals surface area contributed by atoms with Crippen molar-refractivity contribution < 1.29 is 28.2 Å². The van der Waals surface area contributed by atoms with Gasteiger partial charge in [-0.15, -0.1) is 0 Å². The zero-order valence-corrected chi connectivity index (χ0v) is 15.5. The molecule has 2 N–H and O–H groups in total. The second-order valence-corrected chi connectivity index (χ2v) is 7.63. The number of hydrogen-bond donors (Lipinski definition) is 2. The van der Waals surface area contributed by atoms with Crippen LogP contribution in [-0.2, 0) is 4.74 Å². The summed E-state index contributed by atoms with van der Waals surface area (Å²) in [6, 6.07) is 0.394. The predicted molar refractivity (Wildman–Crippen MR) is 92.6 cm³/mol. The Balaban J connectivity index is 2.21. The average molecular weight is 370 g/mol. The van der Waals surface area contributed by atoms with E-state index in [9.17, 15) is 18.4 Å². The van der Waals surface area contributed by atoms with Crippen LogP contribution in [0.5, 0.6) is 0 Å². The van der Waals surface area contributed by atoms with Crippen LogP contribution in [0.2, 0.25) is 0 Å². The molecule has 1 aromatic rings. The van der Waals surface area contributed by atoms with Crippen molar-refractivity contribution in [3.63, 3.8) is 0 Å². The third kappa shape index (κ3) is 4.23. The van der Waals surface area contributed by atoms with Crippen LogP contribution in [-0.4, -0.2) is 41.9 Å². The normalized spacial score (nSPS) is 20.2. The van der Waals surface area contributed by atoms with E-state index in [1.54, 1.807) is 25.7 Å². The summed E-state index contributed by atoms with van der Waals surface area (Å²) in [5.74, 6) is -3.30. The largest absolute Gasteiger partial charge is 0.478 e. The van der Waals surface area contributed by atoms with E-state index in [0.29, 0.717) is 12.6 Å². The minimum absolute atomic E-state index is 0.0211. The fourth-order valence-corrected chi connectivity index (χ4v) is 3.08. The third-order valence-corrected chi connectivity index (χ3v) is 4.28. The van der Waals surface area contributed by atoms with Gasteiger partial charge in [-0.2, -0.15) is 0 Å². The Bertz CT molecular complexity index is 731. The second-order valence-electron chi connectivity index (χ2n) is 7.63. The lowest BCUT2D eigenvalue weighted by atomic mass is 10.1. The first-order chi connectivity index (χ1) is 11.9. The number of carboxylic acids is 1. The molecule has 0 saturated carbocycles. The first-order valence-electron chi connectivity index (χ1n) is 8.37. The minimum Gasteiger partial charge on any atom is -0.478 e. The number of hydrogen-bond acceptors (Lipinski definition) is 4. The summed E-state index contributed by atoms with van der Waals surface area (Å²) in [6.07, 6.45) is -0.569. The fourth-order valence-electron chi connectivity index (χ4n) is 3.08. The standard InChI is InChI=1S/C18H24F2N2O4/c1-9-7-22(8-13(9)21-17(25)26-18(3,4)5)15-10(2)14(20)11(16(23)24)6-12(15)19/h6,9,13H,7-8H2,1-5H3,(H,21,25)(H,23,24). The van der Waals surface area contributed by atoms with Crippen LogP contribution in [0.15, 0.2) is 6.07 Å². The molecule has 1 heterocycles. The average Bonchev–Trinajstić information content (AvgIpc) is 2.81. The monoisotopic (exact) mass is 370 g/mol. The molecule has 6 nitrogen and oxygen atoms in total. The van der Waals surface area contributed by atoms with E-state index in [4.69, 9.17) is 9.84 Å². The van der Waals surface area contributed by atoms with Crippen LogP contribution in [0.1, 0.15) is 43.6 Å². The van der Waals surface area contributed by atoms with E-state index < -0.39 is 34.9 Å². The van der Waals surface area contributed by atoms with Gasteiger partial charge in [-0.25, -0.2) is 18.4 Å². The number of amides is 1. The van der Waals surface area contributed by atoms with E-state index in [-0.39, 0.29) is 29.8 Å². The fraction of sp³-hybridized carbons (Fsp3) is 0.556. The van der Waals surface area contributed by atoms with E-state index in [2.05, 4.69) is 5.32 Å². The van der Waals surface area contributed by atoms with Crippen molar-refractivity contribution in [3.8, 4) is 0 Å². The van der Waals surface area contributed by atoms with Crippen LogP contribution in [0, 0.1) is 24.5 Å². The topological polar surface area (TPSA) is 78.9 Å². The highest BCUT2D eigenvalue weighted by molar-refractivity contribution is 5.89. The molecular formula is C18H24F2N2O4. The van der Waals surface area contributed by atoms with E-state index in [1.165, 1.54) is 6.92 Å². The summed E-state index contributed by atoms with van der Waals surface area (Å²) in [5.41, 5.74) is -1.37. The van der Waals surface area contributed by atoms with Crippen molar-refractivity contribution in [2.45, 2.75) is 46.3 Å². The summed E-state index contributed by atoms with van der Waals surface area (Å²) < 4.78 is 34.0. The van der Waals surface area contributed by atoms with Crippen molar-refractivity contribution in [2.75, 3.05) is 18.0 Å². The van der Waals surface area contributed by atoms with Crippen molar-refractivity contribution in [1.82, 2.24) is 5.32 Å². The molecule has 0 aromatic heterocycles. The summed E-state index contributed by atoms with van der Waals surface area (Å²) in [7, 11) is 0. The number of ether oxygens (including phenoxy) is 1. The smallest absolute Gasteiger partial charge is 0.407 e. The lowest BCUT2D eigenvalue weighted by Crippen LogP contribution is -2.42. The molecule has 2 rings (SSSR count). The van der Waals surface area contributed by atoms with Gasteiger partial charge < -0.3 is 20.1 Å². The SMILES string of the molecule is Cc1c(F)c(C(=O)O)cc(F)c1N1CC(C)C(NC(=O)OC(C)(C)C)C1. The van der Waals surface area contributed by atoms with Crippen LogP contribution >= 0.6 is 0 Å². The maximum Gasteiger partial charge on any atom is 0.407 e. The second kappa shape index (κ2) is 7.09. The molecule has 8 heteroatoms. The molecule has 26 heavy (non-hydrogen) atoms. The minimum atomic E-state index is -1.52. The quantitative estimate of drug-likeness (QED) is 0.853. The molecule has 1 aromatic carbocycles. The zero-order valence-electron chi connectivity index (χ0n) is 15.5. The summed E-state index contributed by atoms with van der Waals surface area (Å²) in [4.78, 5) is 24.6. The van der Waals surface area contributed by atoms with Gasteiger partial charge >= 0.3 is 12.1 Å². The number of nitrogens with zero attached hydrogens (tertiary/aromatic N) is 1. The maximum atomic E-state index is 14.5. The molecule has 1 saturated heterocycles. The van der Waals surface area contributed by atoms with Crippen molar-refractivity contribution in [1.29, 1.82) is 0 Å². The van der Waals surface area contributed by atoms with Crippen LogP contribution in [0.25, 0.3) is 0 Å². The third-order valence-electron chi connectivity index (χ3n) is 4.28. The van der Waals surface area contributed by atoms with Gasteiger partial charge in [-0.05, 0) is 39.7 Å². The number of benzene rings is 1. The van der Waals surface area contributed by atoms with Gasteiger partial charge in [0.1, 0.15) is 17.2 Å². The number of carbonyl (C=O) groups excluding carboxylic acids is 1. The van der Waals surface area contributed by atoms with Gasteiger partial charge in [0.15, 0.2) is 0 Å². The molecule has 0 radical (unpaired) electrons. The number of carboxylic acid groups (broad SMARTS) is 1. The van der Waals surface area contributed by atoms with Gasteiger partial charge in [-0.1, -0.05) is 6.92 Å². The number of anilines is 1. The molecule has 1 amide bonds. The first-order valence-corrected chi connectivity index (χ1v) is 8.37. The van der Waals surface area contributed by atoms with Gasteiger partial charge in [0, 0.05) is 18.7 Å². The number of rotatable bonds is 3. The van der Waals surface area contributed by atoms with E-state index in [0.717, 1.165) is 0 Å². The van der Waals surface area contributed by atoms with E-state index in [1.807, 2.05) is 6.92 Å². The Labute approximate surface area is 151 Å². The molecule has 1 fully saturated rings. The first kappa shape index (κ1) is 19.9. The molecule has 0 aliphatic carbocycles. The number of halogens is 2. The highest BCUT2D eigenvalue weighted by atomic mass is 19.1.